The second-order valence-electron chi connectivity index (χ2n) is 4.93. The summed E-state index contributed by atoms with van der Waals surface area (Å²) in [5, 5.41) is 23.8. The van der Waals surface area contributed by atoms with Crippen LogP contribution < -0.4 is 0 Å². The highest BCUT2D eigenvalue weighted by Gasteiger charge is 2.18. The van der Waals surface area contributed by atoms with Gasteiger partial charge < -0.3 is 14.7 Å². The minimum absolute atomic E-state index is 0.0152. The number of phenolic OH excluding ortho intramolecular Hbond substituents is 2. The molecule has 0 radical (unpaired) electrons. The summed E-state index contributed by atoms with van der Waals surface area (Å²) in [6.07, 6.45) is 5.16. The molecule has 1 aromatic heterocycles. The SMILES string of the molecule is Oc1ccc(O)c(-c2nc(CSC3CCCC3)no2)c1. The van der Waals surface area contributed by atoms with Crippen LogP contribution in [0.4, 0.5) is 0 Å². The molecule has 2 N–H and O–H groups in total. The van der Waals surface area contributed by atoms with E-state index >= 15 is 0 Å². The van der Waals surface area contributed by atoms with E-state index in [2.05, 4.69) is 10.1 Å². The van der Waals surface area contributed by atoms with Gasteiger partial charge >= 0.3 is 0 Å². The van der Waals surface area contributed by atoms with E-state index in [1.54, 1.807) is 0 Å². The summed E-state index contributed by atoms with van der Waals surface area (Å²) in [6.45, 7) is 0. The largest absolute Gasteiger partial charge is 0.508 e. The van der Waals surface area contributed by atoms with Crippen LogP contribution in [0.5, 0.6) is 11.5 Å². The maximum Gasteiger partial charge on any atom is 0.261 e. The lowest BCUT2D eigenvalue weighted by atomic mass is 10.2. The second-order valence-corrected chi connectivity index (χ2v) is 6.22. The molecule has 6 heteroatoms. The van der Waals surface area contributed by atoms with Gasteiger partial charge in [-0.15, -0.1) is 0 Å². The fourth-order valence-corrected chi connectivity index (χ4v) is 3.53. The lowest BCUT2D eigenvalue weighted by Crippen LogP contribution is -1.95. The molecular weight excluding hydrogens is 276 g/mol. The molecular formula is C14H16N2O3S. The Bertz CT molecular complexity index is 594. The van der Waals surface area contributed by atoms with Gasteiger partial charge in [0.15, 0.2) is 5.82 Å². The third-order valence-electron chi connectivity index (χ3n) is 3.43. The molecule has 0 saturated heterocycles. The van der Waals surface area contributed by atoms with Gasteiger partial charge in [0.1, 0.15) is 11.5 Å². The molecule has 5 nitrogen and oxygen atoms in total. The first kappa shape index (κ1) is 13.3. The Kier molecular flexibility index (Phi) is 3.82. The molecule has 1 aliphatic carbocycles. The molecule has 1 saturated carbocycles. The average Bonchev–Trinajstić information content (AvgIpc) is 3.10. The van der Waals surface area contributed by atoms with E-state index in [-0.39, 0.29) is 17.4 Å². The van der Waals surface area contributed by atoms with E-state index in [9.17, 15) is 10.2 Å². The van der Waals surface area contributed by atoms with Crippen molar-refractivity contribution in [3.8, 4) is 23.0 Å². The van der Waals surface area contributed by atoms with Crippen molar-refractivity contribution in [2.45, 2.75) is 36.7 Å². The van der Waals surface area contributed by atoms with Crippen LogP contribution in [0, 0.1) is 0 Å². The lowest BCUT2D eigenvalue weighted by molar-refractivity contribution is 0.418. The first-order chi connectivity index (χ1) is 9.72. The Morgan fingerprint density at radius 1 is 1.25 bits per heavy atom. The van der Waals surface area contributed by atoms with Gasteiger partial charge in [0.2, 0.25) is 0 Å². The summed E-state index contributed by atoms with van der Waals surface area (Å²) in [4.78, 5) is 4.27. The van der Waals surface area contributed by atoms with Crippen molar-refractivity contribution in [2.24, 2.45) is 0 Å². The summed E-state index contributed by atoms with van der Waals surface area (Å²) >= 11 is 1.86. The number of hydrogen-bond donors (Lipinski definition) is 2. The van der Waals surface area contributed by atoms with Crippen LogP contribution in [-0.4, -0.2) is 25.6 Å². The molecule has 1 aliphatic rings. The minimum Gasteiger partial charge on any atom is -0.508 e. The Morgan fingerprint density at radius 3 is 2.85 bits per heavy atom. The molecule has 1 fully saturated rings. The van der Waals surface area contributed by atoms with E-state index < -0.39 is 0 Å². The van der Waals surface area contributed by atoms with Crippen LogP contribution in [0.2, 0.25) is 0 Å². The quantitative estimate of drug-likeness (QED) is 0.841. The van der Waals surface area contributed by atoms with Crippen LogP contribution in [0.3, 0.4) is 0 Å². The zero-order valence-corrected chi connectivity index (χ0v) is 11.8. The van der Waals surface area contributed by atoms with Gasteiger partial charge in [0.05, 0.1) is 11.3 Å². The van der Waals surface area contributed by atoms with E-state index in [1.165, 1.54) is 43.9 Å². The third-order valence-corrected chi connectivity index (χ3v) is 4.80. The van der Waals surface area contributed by atoms with Gasteiger partial charge in [0.25, 0.3) is 5.89 Å². The number of aromatic hydroxyl groups is 2. The van der Waals surface area contributed by atoms with Gasteiger partial charge in [0, 0.05) is 5.25 Å². The van der Waals surface area contributed by atoms with E-state index in [4.69, 9.17) is 4.52 Å². The minimum atomic E-state index is 0.0152. The molecule has 1 heterocycles. The zero-order chi connectivity index (χ0) is 13.9. The highest BCUT2D eigenvalue weighted by atomic mass is 32.2. The standard InChI is InChI=1S/C14H16N2O3S/c17-9-5-6-12(18)11(7-9)14-15-13(16-19-14)8-20-10-3-1-2-4-10/h5-7,10,17-18H,1-4,8H2. The molecule has 3 rings (SSSR count). The number of benzene rings is 1. The van der Waals surface area contributed by atoms with E-state index in [0.29, 0.717) is 22.4 Å². The smallest absolute Gasteiger partial charge is 0.261 e. The maximum absolute atomic E-state index is 9.76. The monoisotopic (exact) mass is 292 g/mol. The third kappa shape index (κ3) is 2.90. The number of phenols is 2. The highest BCUT2D eigenvalue weighted by Crippen LogP contribution is 2.33. The van der Waals surface area contributed by atoms with Crippen molar-refractivity contribution in [1.29, 1.82) is 0 Å². The van der Waals surface area contributed by atoms with Crippen molar-refractivity contribution >= 4 is 11.8 Å². The van der Waals surface area contributed by atoms with E-state index in [1.807, 2.05) is 11.8 Å². The first-order valence-electron chi connectivity index (χ1n) is 6.69. The molecule has 0 bridgehead atoms. The normalized spacial score (nSPS) is 15.8. The molecule has 0 unspecified atom stereocenters. The van der Waals surface area contributed by atoms with Crippen molar-refractivity contribution < 1.29 is 14.7 Å². The second kappa shape index (κ2) is 5.75. The summed E-state index contributed by atoms with van der Waals surface area (Å²) in [5.41, 5.74) is 0.356. The number of aromatic nitrogens is 2. The van der Waals surface area contributed by atoms with Crippen LogP contribution in [0.25, 0.3) is 11.5 Å². The average molecular weight is 292 g/mol. The number of nitrogens with zero attached hydrogens (tertiary/aromatic N) is 2. The van der Waals surface area contributed by atoms with Crippen molar-refractivity contribution in [1.82, 2.24) is 10.1 Å². The molecule has 1 aromatic carbocycles. The zero-order valence-electron chi connectivity index (χ0n) is 11.0. The summed E-state index contributed by atoms with van der Waals surface area (Å²) < 4.78 is 5.16. The molecule has 0 aliphatic heterocycles. The van der Waals surface area contributed by atoms with Gasteiger partial charge in [-0.1, -0.05) is 18.0 Å². The summed E-state index contributed by atoms with van der Waals surface area (Å²) in [7, 11) is 0. The molecule has 0 spiro atoms. The van der Waals surface area contributed by atoms with Gasteiger partial charge in [-0.2, -0.15) is 16.7 Å². The molecule has 0 amide bonds. The highest BCUT2D eigenvalue weighted by molar-refractivity contribution is 7.99. The Hall–Kier alpha value is -1.69. The van der Waals surface area contributed by atoms with Gasteiger partial charge in [-0.3, -0.25) is 0 Å². The van der Waals surface area contributed by atoms with Crippen LogP contribution in [0.15, 0.2) is 22.7 Å². The maximum atomic E-state index is 9.76. The van der Waals surface area contributed by atoms with Crippen molar-refractivity contribution in [3.63, 3.8) is 0 Å². The number of thioether (sulfide) groups is 1. The molecule has 20 heavy (non-hydrogen) atoms. The molecule has 2 aromatic rings. The fraction of sp³-hybridized carbons (Fsp3) is 0.429. The first-order valence-corrected chi connectivity index (χ1v) is 7.74. The predicted molar refractivity (Wildman–Crippen MR) is 76.6 cm³/mol. The Balaban J connectivity index is 1.71. The van der Waals surface area contributed by atoms with Gasteiger partial charge in [-0.25, -0.2) is 0 Å². The summed E-state index contributed by atoms with van der Waals surface area (Å²) in [5.74, 6) is 1.65. The number of hydrogen-bond acceptors (Lipinski definition) is 6. The van der Waals surface area contributed by atoms with Crippen LogP contribution in [-0.2, 0) is 5.75 Å². The fourth-order valence-electron chi connectivity index (χ4n) is 2.36. The van der Waals surface area contributed by atoms with Crippen LogP contribution >= 0.6 is 11.8 Å². The van der Waals surface area contributed by atoms with Gasteiger partial charge in [-0.05, 0) is 31.0 Å². The Morgan fingerprint density at radius 2 is 2.05 bits per heavy atom. The Labute approximate surface area is 121 Å². The van der Waals surface area contributed by atoms with Crippen molar-refractivity contribution in [3.05, 3.63) is 24.0 Å². The molecule has 0 atom stereocenters. The van der Waals surface area contributed by atoms with Crippen LogP contribution in [0.1, 0.15) is 31.5 Å². The predicted octanol–water partition coefficient (Wildman–Crippen LogP) is 3.32. The molecule has 106 valence electrons. The van der Waals surface area contributed by atoms with E-state index in [0.717, 1.165) is 0 Å². The lowest BCUT2D eigenvalue weighted by Gasteiger charge is -2.04. The number of rotatable bonds is 4. The summed E-state index contributed by atoms with van der Waals surface area (Å²) in [6, 6.07) is 4.23. The van der Waals surface area contributed by atoms with Crippen molar-refractivity contribution in [2.75, 3.05) is 0 Å². The topological polar surface area (TPSA) is 79.4 Å².